The molecule has 0 aliphatic heterocycles. The lowest BCUT2D eigenvalue weighted by molar-refractivity contribution is 0.0910. The second-order valence-electron chi connectivity index (χ2n) is 5.91. The van der Waals surface area contributed by atoms with E-state index in [1.807, 2.05) is 0 Å². The van der Waals surface area contributed by atoms with Crippen LogP contribution in [0.2, 0.25) is 5.02 Å². The zero-order valence-electron chi connectivity index (χ0n) is 12.7. The van der Waals surface area contributed by atoms with Crippen LogP contribution in [0, 0.1) is 5.92 Å². The number of hydrogen-bond acceptors (Lipinski definition) is 3. The van der Waals surface area contributed by atoms with Gasteiger partial charge in [0.1, 0.15) is 0 Å². The van der Waals surface area contributed by atoms with Crippen molar-refractivity contribution in [2.24, 2.45) is 5.92 Å². The maximum atomic E-state index is 12.4. The SMILES string of the molecule is C[C@H]1CCCC[C@H]1NC(=O)c1ccc(Cl)c(NS(C)(=O)=O)c1. The zero-order valence-corrected chi connectivity index (χ0v) is 14.3. The number of carbonyl (C=O) groups is 1. The van der Waals surface area contributed by atoms with E-state index in [-0.39, 0.29) is 22.7 Å². The van der Waals surface area contributed by atoms with Crippen molar-refractivity contribution >= 4 is 33.2 Å². The molecule has 1 aliphatic carbocycles. The summed E-state index contributed by atoms with van der Waals surface area (Å²) in [5.74, 6) is 0.255. The van der Waals surface area contributed by atoms with Crippen LogP contribution in [0.4, 0.5) is 5.69 Å². The summed E-state index contributed by atoms with van der Waals surface area (Å²) in [7, 11) is -3.44. The van der Waals surface area contributed by atoms with Crippen molar-refractivity contribution in [1.82, 2.24) is 5.32 Å². The van der Waals surface area contributed by atoms with E-state index in [0.717, 1.165) is 25.5 Å². The molecule has 22 heavy (non-hydrogen) atoms. The van der Waals surface area contributed by atoms with Gasteiger partial charge in [0.05, 0.1) is 17.0 Å². The summed E-state index contributed by atoms with van der Waals surface area (Å²) in [5, 5.41) is 3.29. The second kappa shape index (κ2) is 6.87. The van der Waals surface area contributed by atoms with Gasteiger partial charge in [0, 0.05) is 11.6 Å². The molecule has 0 unspecified atom stereocenters. The Kier molecular flexibility index (Phi) is 5.34. The van der Waals surface area contributed by atoms with Crippen molar-refractivity contribution < 1.29 is 13.2 Å². The van der Waals surface area contributed by atoms with E-state index >= 15 is 0 Å². The highest BCUT2D eigenvalue weighted by Crippen LogP contribution is 2.26. The van der Waals surface area contributed by atoms with Crippen LogP contribution in [-0.2, 0) is 10.0 Å². The first-order valence-corrected chi connectivity index (χ1v) is 9.61. The maximum absolute atomic E-state index is 12.4. The summed E-state index contributed by atoms with van der Waals surface area (Å²) >= 11 is 5.96. The molecule has 1 aromatic carbocycles. The van der Waals surface area contributed by atoms with Crippen molar-refractivity contribution in [2.75, 3.05) is 11.0 Å². The molecule has 1 saturated carbocycles. The minimum Gasteiger partial charge on any atom is -0.349 e. The van der Waals surface area contributed by atoms with Gasteiger partial charge in [-0.25, -0.2) is 8.42 Å². The predicted molar refractivity (Wildman–Crippen MR) is 88.8 cm³/mol. The Bertz CT molecular complexity index is 661. The van der Waals surface area contributed by atoms with Crippen molar-refractivity contribution in [2.45, 2.75) is 38.6 Å². The summed E-state index contributed by atoms with van der Waals surface area (Å²) in [6.07, 6.45) is 5.47. The van der Waals surface area contributed by atoms with E-state index in [2.05, 4.69) is 17.0 Å². The highest BCUT2D eigenvalue weighted by Gasteiger charge is 2.23. The van der Waals surface area contributed by atoms with E-state index in [9.17, 15) is 13.2 Å². The zero-order chi connectivity index (χ0) is 16.3. The van der Waals surface area contributed by atoms with Gasteiger partial charge < -0.3 is 5.32 Å². The average molecular weight is 345 g/mol. The molecule has 1 fully saturated rings. The Morgan fingerprint density at radius 3 is 2.59 bits per heavy atom. The predicted octanol–water partition coefficient (Wildman–Crippen LogP) is 3.02. The van der Waals surface area contributed by atoms with Gasteiger partial charge in [-0.2, -0.15) is 0 Å². The summed E-state index contributed by atoms with van der Waals surface area (Å²) in [6, 6.07) is 4.75. The Morgan fingerprint density at radius 2 is 1.95 bits per heavy atom. The first-order chi connectivity index (χ1) is 10.3. The molecule has 122 valence electrons. The van der Waals surface area contributed by atoms with Crippen molar-refractivity contribution in [3.05, 3.63) is 28.8 Å². The lowest BCUT2D eigenvalue weighted by atomic mass is 9.86. The van der Waals surface area contributed by atoms with Gasteiger partial charge in [0.25, 0.3) is 5.91 Å². The minimum atomic E-state index is -3.44. The van der Waals surface area contributed by atoms with Crippen LogP contribution in [0.25, 0.3) is 0 Å². The first-order valence-electron chi connectivity index (χ1n) is 7.34. The van der Waals surface area contributed by atoms with E-state index < -0.39 is 10.0 Å². The van der Waals surface area contributed by atoms with Crippen LogP contribution < -0.4 is 10.0 Å². The molecule has 1 amide bonds. The molecule has 1 aromatic rings. The van der Waals surface area contributed by atoms with Gasteiger partial charge >= 0.3 is 0 Å². The van der Waals surface area contributed by atoms with Gasteiger partial charge in [0.15, 0.2) is 0 Å². The fourth-order valence-electron chi connectivity index (χ4n) is 2.73. The lowest BCUT2D eigenvalue weighted by Crippen LogP contribution is -2.41. The molecule has 0 radical (unpaired) electrons. The molecule has 0 spiro atoms. The van der Waals surface area contributed by atoms with Crippen molar-refractivity contribution in [1.29, 1.82) is 0 Å². The molecule has 7 heteroatoms. The molecular weight excluding hydrogens is 324 g/mol. The van der Waals surface area contributed by atoms with E-state index in [1.54, 1.807) is 6.07 Å². The van der Waals surface area contributed by atoms with Gasteiger partial charge in [-0.1, -0.05) is 31.4 Å². The van der Waals surface area contributed by atoms with Gasteiger partial charge in [-0.05, 0) is 37.0 Å². The van der Waals surface area contributed by atoms with E-state index in [1.165, 1.54) is 18.6 Å². The van der Waals surface area contributed by atoms with Crippen molar-refractivity contribution in [3.8, 4) is 0 Å². The molecule has 2 rings (SSSR count). The number of nitrogens with one attached hydrogen (secondary N) is 2. The Balaban J connectivity index is 2.14. The van der Waals surface area contributed by atoms with Crippen LogP contribution in [0.5, 0.6) is 0 Å². The number of sulfonamides is 1. The van der Waals surface area contributed by atoms with Crippen LogP contribution >= 0.6 is 11.6 Å². The van der Waals surface area contributed by atoms with E-state index in [4.69, 9.17) is 11.6 Å². The summed E-state index contributed by atoms with van der Waals surface area (Å²) in [5.41, 5.74) is 0.613. The molecule has 0 bridgehead atoms. The molecule has 2 atom stereocenters. The average Bonchev–Trinajstić information content (AvgIpc) is 2.42. The number of carbonyl (C=O) groups excluding carboxylic acids is 1. The second-order valence-corrected chi connectivity index (χ2v) is 8.07. The van der Waals surface area contributed by atoms with Crippen LogP contribution in [-0.4, -0.2) is 26.6 Å². The Morgan fingerprint density at radius 1 is 1.27 bits per heavy atom. The van der Waals surface area contributed by atoms with Gasteiger partial charge in [-0.15, -0.1) is 0 Å². The third kappa shape index (κ3) is 4.61. The number of hydrogen-bond donors (Lipinski definition) is 2. The fourth-order valence-corrected chi connectivity index (χ4v) is 3.52. The summed E-state index contributed by atoms with van der Waals surface area (Å²) in [4.78, 5) is 12.4. The van der Waals surface area contributed by atoms with Crippen LogP contribution in [0.15, 0.2) is 18.2 Å². The Hall–Kier alpha value is -1.27. The molecule has 1 aliphatic rings. The number of anilines is 1. The monoisotopic (exact) mass is 344 g/mol. The summed E-state index contributed by atoms with van der Waals surface area (Å²) in [6.45, 7) is 2.14. The quantitative estimate of drug-likeness (QED) is 0.881. The number of halogens is 1. The van der Waals surface area contributed by atoms with E-state index in [0.29, 0.717) is 11.5 Å². The van der Waals surface area contributed by atoms with Crippen molar-refractivity contribution in [3.63, 3.8) is 0 Å². The third-order valence-electron chi connectivity index (χ3n) is 3.95. The summed E-state index contributed by atoms with van der Waals surface area (Å²) < 4.78 is 25.0. The Labute approximate surface area is 136 Å². The topological polar surface area (TPSA) is 75.3 Å². The highest BCUT2D eigenvalue weighted by molar-refractivity contribution is 7.92. The molecule has 0 aromatic heterocycles. The molecule has 2 N–H and O–H groups in total. The molecular formula is C15H21ClN2O3S. The van der Waals surface area contributed by atoms with Gasteiger partial charge in [-0.3, -0.25) is 9.52 Å². The third-order valence-corrected chi connectivity index (χ3v) is 4.87. The smallest absolute Gasteiger partial charge is 0.251 e. The first kappa shape index (κ1) is 17.1. The maximum Gasteiger partial charge on any atom is 0.251 e. The molecule has 0 saturated heterocycles. The van der Waals surface area contributed by atoms with Gasteiger partial charge in [0.2, 0.25) is 10.0 Å². The largest absolute Gasteiger partial charge is 0.349 e. The molecule has 0 heterocycles. The highest BCUT2D eigenvalue weighted by atomic mass is 35.5. The fraction of sp³-hybridized carbons (Fsp3) is 0.533. The number of amides is 1. The lowest BCUT2D eigenvalue weighted by Gasteiger charge is -2.29. The normalized spacial score (nSPS) is 22.1. The van der Waals surface area contributed by atoms with Crippen LogP contribution in [0.1, 0.15) is 43.0 Å². The number of rotatable bonds is 4. The van der Waals surface area contributed by atoms with Crippen LogP contribution in [0.3, 0.4) is 0 Å². The number of benzene rings is 1. The minimum absolute atomic E-state index is 0.170. The molecule has 5 nitrogen and oxygen atoms in total. The standard InChI is InChI=1S/C15H21ClN2O3S/c1-10-5-3-4-6-13(10)17-15(19)11-7-8-12(16)14(9-11)18-22(2,20)21/h7-10,13,18H,3-6H2,1-2H3,(H,17,19)/t10-,13+/m0/s1.